The highest BCUT2D eigenvalue weighted by Gasteiger charge is 2.12. The number of carbonyl (C=O) groups is 2. The maximum atomic E-state index is 11.0. The Bertz CT molecular complexity index is 182. The fourth-order valence-corrected chi connectivity index (χ4v) is 0.791. The van der Waals surface area contributed by atoms with Gasteiger partial charge in [-0.2, -0.15) is 12.6 Å². The molecule has 0 heterocycles. The summed E-state index contributed by atoms with van der Waals surface area (Å²) in [5.74, 6) is -0.610. The zero-order valence-electron chi connectivity index (χ0n) is 7.20. The molecule has 2 atom stereocenters. The molecule has 0 aliphatic rings. The number of primary amides is 1. The highest BCUT2D eigenvalue weighted by molar-refractivity contribution is 7.81. The van der Waals surface area contributed by atoms with Gasteiger partial charge >= 0.3 is 0 Å². The van der Waals surface area contributed by atoms with Crippen LogP contribution in [0, 0.1) is 0 Å². The molecular weight excluding hydrogens is 176 g/mol. The Labute approximate surface area is 77.3 Å². The summed E-state index contributed by atoms with van der Waals surface area (Å²) in [6.07, 6.45) is 0.159. The molecule has 2 unspecified atom stereocenters. The summed E-state index contributed by atoms with van der Waals surface area (Å²) >= 11 is 3.93. The number of rotatable bonds is 4. The normalized spacial score (nSPS) is 14.9. The van der Waals surface area contributed by atoms with Gasteiger partial charge in [-0.05, 0) is 13.8 Å². The molecule has 4 nitrogen and oxygen atoms in total. The van der Waals surface area contributed by atoms with Crippen LogP contribution >= 0.6 is 12.6 Å². The molecule has 0 rings (SSSR count). The minimum atomic E-state index is -0.422. The van der Waals surface area contributed by atoms with E-state index in [9.17, 15) is 9.59 Å². The number of hydrogen-bond acceptors (Lipinski definition) is 3. The van der Waals surface area contributed by atoms with Crippen molar-refractivity contribution >= 4 is 24.4 Å². The van der Waals surface area contributed by atoms with Crippen molar-refractivity contribution in [2.24, 2.45) is 5.73 Å². The van der Waals surface area contributed by atoms with Crippen LogP contribution in [-0.4, -0.2) is 23.1 Å². The van der Waals surface area contributed by atoms with Gasteiger partial charge in [-0.25, -0.2) is 0 Å². The van der Waals surface area contributed by atoms with E-state index < -0.39 is 5.91 Å². The molecule has 0 saturated heterocycles. The summed E-state index contributed by atoms with van der Waals surface area (Å²) in [6.45, 7) is 3.38. The zero-order valence-corrected chi connectivity index (χ0v) is 8.10. The molecule has 0 aromatic rings. The van der Waals surface area contributed by atoms with E-state index in [0.717, 1.165) is 0 Å². The van der Waals surface area contributed by atoms with Gasteiger partial charge in [0.1, 0.15) is 0 Å². The second kappa shape index (κ2) is 5.03. The molecule has 0 saturated carbocycles. The van der Waals surface area contributed by atoms with E-state index in [1.54, 1.807) is 13.8 Å². The minimum Gasteiger partial charge on any atom is -0.370 e. The van der Waals surface area contributed by atoms with E-state index in [0.29, 0.717) is 0 Å². The first-order valence-corrected chi connectivity index (χ1v) is 4.22. The Morgan fingerprint density at radius 2 is 2.00 bits per heavy atom. The lowest BCUT2D eigenvalue weighted by atomic mass is 10.2. The van der Waals surface area contributed by atoms with Gasteiger partial charge in [0, 0.05) is 12.5 Å². The van der Waals surface area contributed by atoms with Crippen LogP contribution in [0.4, 0.5) is 0 Å². The van der Waals surface area contributed by atoms with Crippen LogP contribution in [0.25, 0.3) is 0 Å². The first kappa shape index (κ1) is 11.3. The Morgan fingerprint density at radius 1 is 1.50 bits per heavy atom. The molecule has 3 N–H and O–H groups in total. The highest BCUT2D eigenvalue weighted by Crippen LogP contribution is 1.95. The fourth-order valence-electron chi connectivity index (χ4n) is 0.716. The van der Waals surface area contributed by atoms with Crippen LogP contribution in [0.3, 0.4) is 0 Å². The molecule has 70 valence electrons. The van der Waals surface area contributed by atoms with Crippen LogP contribution in [-0.2, 0) is 9.59 Å². The smallest absolute Gasteiger partial charge is 0.232 e. The number of nitrogens with two attached hydrogens (primary N) is 1. The SMILES string of the molecule is CC(CC(N)=O)NC(=O)C(C)S. The van der Waals surface area contributed by atoms with Crippen LogP contribution in [0.2, 0.25) is 0 Å². The lowest BCUT2D eigenvalue weighted by molar-refractivity contribution is -0.121. The topological polar surface area (TPSA) is 72.2 Å². The average molecular weight is 190 g/mol. The minimum absolute atomic E-state index is 0.159. The Morgan fingerprint density at radius 3 is 2.33 bits per heavy atom. The van der Waals surface area contributed by atoms with Gasteiger partial charge in [-0.3, -0.25) is 9.59 Å². The van der Waals surface area contributed by atoms with E-state index in [4.69, 9.17) is 5.73 Å². The van der Waals surface area contributed by atoms with Crippen molar-refractivity contribution in [1.29, 1.82) is 0 Å². The van der Waals surface area contributed by atoms with Gasteiger partial charge in [0.2, 0.25) is 11.8 Å². The van der Waals surface area contributed by atoms with Crippen LogP contribution in [0.5, 0.6) is 0 Å². The molecule has 0 aromatic carbocycles. The molecule has 0 bridgehead atoms. The van der Waals surface area contributed by atoms with Crippen molar-refractivity contribution in [2.45, 2.75) is 31.6 Å². The lowest BCUT2D eigenvalue weighted by Crippen LogP contribution is -2.39. The standard InChI is InChI=1S/C7H14N2O2S/c1-4(3-6(8)10)9-7(11)5(2)12/h4-5,12H,3H2,1-2H3,(H2,8,10)(H,9,11). The van der Waals surface area contributed by atoms with Crippen molar-refractivity contribution in [3.63, 3.8) is 0 Å². The van der Waals surface area contributed by atoms with Crippen molar-refractivity contribution in [1.82, 2.24) is 5.32 Å². The number of thiol groups is 1. The van der Waals surface area contributed by atoms with Crippen molar-refractivity contribution in [3.05, 3.63) is 0 Å². The van der Waals surface area contributed by atoms with Gasteiger partial charge in [-0.1, -0.05) is 0 Å². The third-order valence-corrected chi connectivity index (χ3v) is 1.51. The molecule has 0 radical (unpaired) electrons. The first-order valence-electron chi connectivity index (χ1n) is 3.70. The molecule has 12 heavy (non-hydrogen) atoms. The lowest BCUT2D eigenvalue weighted by Gasteiger charge is -2.12. The number of amides is 2. The Balaban J connectivity index is 3.76. The van der Waals surface area contributed by atoms with Gasteiger partial charge in [0.25, 0.3) is 0 Å². The third-order valence-electron chi connectivity index (χ3n) is 1.28. The van der Waals surface area contributed by atoms with E-state index in [1.165, 1.54) is 0 Å². The van der Waals surface area contributed by atoms with E-state index in [-0.39, 0.29) is 23.6 Å². The first-order chi connectivity index (χ1) is 5.43. The molecule has 5 heteroatoms. The summed E-state index contributed by atoms with van der Waals surface area (Å²) < 4.78 is 0. The Kier molecular flexibility index (Phi) is 4.73. The largest absolute Gasteiger partial charge is 0.370 e. The maximum Gasteiger partial charge on any atom is 0.232 e. The van der Waals surface area contributed by atoms with Crippen molar-refractivity contribution in [2.75, 3.05) is 0 Å². The Hall–Kier alpha value is -0.710. The summed E-state index contributed by atoms with van der Waals surface area (Å²) in [7, 11) is 0. The van der Waals surface area contributed by atoms with Crippen LogP contribution in [0.1, 0.15) is 20.3 Å². The van der Waals surface area contributed by atoms with Crippen molar-refractivity contribution in [3.8, 4) is 0 Å². The maximum absolute atomic E-state index is 11.0. The van der Waals surface area contributed by atoms with E-state index in [1.807, 2.05) is 0 Å². The van der Waals surface area contributed by atoms with Gasteiger partial charge in [0.05, 0.1) is 5.25 Å². The van der Waals surface area contributed by atoms with Crippen LogP contribution in [0.15, 0.2) is 0 Å². The second-order valence-corrected chi connectivity index (χ2v) is 3.53. The predicted octanol–water partition coefficient (Wildman–Crippen LogP) is -0.315. The second-order valence-electron chi connectivity index (χ2n) is 2.76. The quantitative estimate of drug-likeness (QED) is 0.532. The molecule has 0 spiro atoms. The summed E-state index contributed by atoms with van der Waals surface area (Å²) in [6, 6.07) is -0.218. The molecule has 0 aliphatic carbocycles. The van der Waals surface area contributed by atoms with E-state index >= 15 is 0 Å². The van der Waals surface area contributed by atoms with Gasteiger partial charge < -0.3 is 11.1 Å². The van der Waals surface area contributed by atoms with E-state index in [2.05, 4.69) is 17.9 Å². The molecule has 2 amide bonds. The average Bonchev–Trinajstić information content (AvgIpc) is 1.84. The highest BCUT2D eigenvalue weighted by atomic mass is 32.1. The molecular formula is C7H14N2O2S. The molecule has 0 aromatic heterocycles. The molecule has 0 aliphatic heterocycles. The summed E-state index contributed by atoms with van der Waals surface area (Å²) in [5, 5.41) is 2.23. The van der Waals surface area contributed by atoms with Gasteiger partial charge in [-0.15, -0.1) is 0 Å². The van der Waals surface area contributed by atoms with Crippen molar-refractivity contribution < 1.29 is 9.59 Å². The fraction of sp³-hybridized carbons (Fsp3) is 0.714. The zero-order chi connectivity index (χ0) is 9.72. The third kappa shape index (κ3) is 5.01. The van der Waals surface area contributed by atoms with Gasteiger partial charge in [0.15, 0.2) is 0 Å². The van der Waals surface area contributed by atoms with Crippen LogP contribution < -0.4 is 11.1 Å². The number of hydrogen-bond donors (Lipinski definition) is 3. The number of nitrogens with one attached hydrogen (secondary N) is 1. The predicted molar refractivity (Wildman–Crippen MR) is 49.9 cm³/mol. The monoisotopic (exact) mass is 190 g/mol. The summed E-state index contributed by atoms with van der Waals surface area (Å²) in [4.78, 5) is 21.4. The number of carbonyl (C=O) groups excluding carboxylic acids is 2. The summed E-state index contributed by atoms with van der Waals surface area (Å²) in [5.41, 5.74) is 4.94. The molecule has 0 fully saturated rings.